The van der Waals surface area contributed by atoms with Crippen LogP contribution in [0.5, 0.6) is 0 Å². The zero-order valence-electron chi connectivity index (χ0n) is 27.7. The van der Waals surface area contributed by atoms with Gasteiger partial charge < -0.3 is 4.90 Å². The van der Waals surface area contributed by atoms with Gasteiger partial charge in [0.15, 0.2) is 0 Å². The maximum Gasteiger partial charge on any atom is -0.00189 e. The second-order valence-electron chi connectivity index (χ2n) is 12.3. The maximum absolute atomic E-state index is 2.70. The third-order valence-electron chi connectivity index (χ3n) is 8.42. The summed E-state index contributed by atoms with van der Waals surface area (Å²) in [6.45, 7) is 10.8. The third kappa shape index (κ3) is 33.5. The van der Waals surface area contributed by atoms with E-state index in [1.165, 1.54) is 199 Å². The lowest BCUT2D eigenvalue weighted by atomic mass is 10.1. The van der Waals surface area contributed by atoms with Gasteiger partial charge in [0, 0.05) is 0 Å². The van der Waals surface area contributed by atoms with Crippen molar-refractivity contribution in [2.24, 2.45) is 0 Å². The maximum atomic E-state index is 2.70. The predicted octanol–water partition coefficient (Wildman–Crippen LogP) is 13.4. The Morgan fingerprint density at radius 2 is 0.564 bits per heavy atom. The topological polar surface area (TPSA) is 3.24 Å². The highest BCUT2D eigenvalue weighted by Gasteiger charge is 2.02. The summed E-state index contributed by atoms with van der Waals surface area (Å²) in [6.07, 6.45) is 49.0. The van der Waals surface area contributed by atoms with E-state index in [1.54, 1.807) is 0 Å². The van der Waals surface area contributed by atoms with Crippen LogP contribution >= 0.6 is 0 Å². The molecule has 0 spiro atoms. The van der Waals surface area contributed by atoms with Crippen LogP contribution < -0.4 is 0 Å². The highest BCUT2D eigenvalue weighted by atomic mass is 15.1. The molecular formula is C38H75N. The van der Waals surface area contributed by atoms with Crippen LogP contribution in [0.15, 0.2) is 24.3 Å². The van der Waals surface area contributed by atoms with Crippen LogP contribution in [0.1, 0.15) is 201 Å². The molecule has 0 aromatic heterocycles. The first kappa shape index (κ1) is 38.4. The van der Waals surface area contributed by atoms with E-state index in [0.29, 0.717) is 0 Å². The number of unbranched alkanes of at least 4 members (excludes halogenated alkanes) is 24. The molecule has 0 aliphatic carbocycles. The van der Waals surface area contributed by atoms with Gasteiger partial charge >= 0.3 is 0 Å². The van der Waals surface area contributed by atoms with E-state index in [-0.39, 0.29) is 0 Å². The van der Waals surface area contributed by atoms with Crippen molar-refractivity contribution in [3.8, 4) is 0 Å². The smallest absolute Gasteiger partial charge is 0.00189 e. The van der Waals surface area contributed by atoms with Gasteiger partial charge in [0.1, 0.15) is 0 Å². The average molecular weight is 546 g/mol. The predicted molar refractivity (Wildman–Crippen MR) is 181 cm³/mol. The third-order valence-corrected chi connectivity index (χ3v) is 8.42. The first-order valence-corrected chi connectivity index (χ1v) is 18.4. The van der Waals surface area contributed by atoms with Crippen LogP contribution in [-0.4, -0.2) is 24.5 Å². The Hall–Kier alpha value is -0.560. The summed E-state index contributed by atoms with van der Waals surface area (Å²) < 4.78 is 0. The molecule has 0 saturated heterocycles. The Balaban J connectivity index is 3.34. The van der Waals surface area contributed by atoms with Crippen LogP contribution in [0, 0.1) is 0 Å². The van der Waals surface area contributed by atoms with E-state index in [4.69, 9.17) is 0 Å². The molecular weight excluding hydrogens is 470 g/mol. The fourth-order valence-electron chi connectivity index (χ4n) is 5.59. The molecule has 0 bridgehead atoms. The summed E-state index contributed by atoms with van der Waals surface area (Å²) in [5, 5.41) is 0. The van der Waals surface area contributed by atoms with Gasteiger partial charge in [-0.05, 0) is 83.8 Å². The largest absolute Gasteiger partial charge is 0.304 e. The van der Waals surface area contributed by atoms with Gasteiger partial charge in [-0.3, -0.25) is 0 Å². The molecule has 0 heterocycles. The number of hydrogen-bond donors (Lipinski definition) is 0. The van der Waals surface area contributed by atoms with Gasteiger partial charge in [-0.25, -0.2) is 0 Å². The molecule has 0 aromatic carbocycles. The molecule has 1 heteroatoms. The standard InChI is InChI=1S/C38H75N/c1-4-7-9-11-13-15-17-19-21-23-25-27-29-31-33-35-37-39(6-3)38-36-34-32-30-28-26-24-22-20-18-16-14-12-10-8-5-2/h19-22H,4-18,23-38H2,1-3H3/b21-19-,22-20-. The van der Waals surface area contributed by atoms with E-state index in [0.717, 1.165) is 0 Å². The molecule has 0 aliphatic rings. The van der Waals surface area contributed by atoms with Crippen molar-refractivity contribution in [3.05, 3.63) is 24.3 Å². The van der Waals surface area contributed by atoms with Crippen molar-refractivity contribution in [1.82, 2.24) is 4.90 Å². The molecule has 1 nitrogen and oxygen atoms in total. The lowest BCUT2D eigenvalue weighted by Crippen LogP contribution is -2.25. The Labute approximate surface area is 249 Å². The number of rotatable bonds is 33. The summed E-state index contributed by atoms with van der Waals surface area (Å²) in [6, 6.07) is 0. The van der Waals surface area contributed by atoms with Crippen molar-refractivity contribution in [3.63, 3.8) is 0 Å². The normalized spacial score (nSPS) is 12.1. The van der Waals surface area contributed by atoms with Gasteiger partial charge in [0.2, 0.25) is 0 Å². The minimum absolute atomic E-state index is 1.23. The van der Waals surface area contributed by atoms with Crippen molar-refractivity contribution in [2.75, 3.05) is 19.6 Å². The molecule has 0 atom stereocenters. The second kappa shape index (κ2) is 35.5. The van der Waals surface area contributed by atoms with Crippen LogP contribution in [0.3, 0.4) is 0 Å². The van der Waals surface area contributed by atoms with Gasteiger partial charge in [-0.1, -0.05) is 161 Å². The monoisotopic (exact) mass is 546 g/mol. The van der Waals surface area contributed by atoms with Crippen LogP contribution in [0.25, 0.3) is 0 Å². The molecule has 0 radical (unpaired) electrons. The first-order chi connectivity index (χ1) is 19.3. The summed E-state index contributed by atoms with van der Waals surface area (Å²) >= 11 is 0. The Bertz CT molecular complexity index is 437. The minimum Gasteiger partial charge on any atom is -0.304 e. The van der Waals surface area contributed by atoms with E-state index < -0.39 is 0 Å². The lowest BCUT2D eigenvalue weighted by molar-refractivity contribution is 0.273. The highest BCUT2D eigenvalue weighted by molar-refractivity contribution is 4.82. The quantitative estimate of drug-likeness (QED) is 0.0585. The van der Waals surface area contributed by atoms with Crippen molar-refractivity contribution in [1.29, 1.82) is 0 Å². The number of nitrogens with zero attached hydrogens (tertiary/aromatic N) is 1. The summed E-state index contributed by atoms with van der Waals surface area (Å²) in [5.41, 5.74) is 0. The zero-order chi connectivity index (χ0) is 28.3. The SMILES string of the molecule is CCCCCCCC/C=C\CCCCCCCCN(CC)CCCCCCCC/C=C\CCCCCCCC. The van der Waals surface area contributed by atoms with Crippen molar-refractivity contribution in [2.45, 2.75) is 201 Å². The summed E-state index contributed by atoms with van der Waals surface area (Å²) in [5.74, 6) is 0. The minimum atomic E-state index is 1.23. The molecule has 0 fully saturated rings. The first-order valence-electron chi connectivity index (χ1n) is 18.4. The fraction of sp³-hybridized carbons (Fsp3) is 0.895. The Morgan fingerprint density at radius 1 is 0.308 bits per heavy atom. The molecule has 0 unspecified atom stereocenters. The van der Waals surface area contributed by atoms with E-state index in [2.05, 4.69) is 50.0 Å². The lowest BCUT2D eigenvalue weighted by Gasteiger charge is -2.20. The fourth-order valence-corrected chi connectivity index (χ4v) is 5.59. The molecule has 0 N–H and O–H groups in total. The van der Waals surface area contributed by atoms with Crippen molar-refractivity contribution >= 4 is 0 Å². The van der Waals surface area contributed by atoms with Crippen LogP contribution in [0.2, 0.25) is 0 Å². The van der Waals surface area contributed by atoms with Gasteiger partial charge in [-0.15, -0.1) is 0 Å². The summed E-state index contributed by atoms with van der Waals surface area (Å²) in [4.78, 5) is 2.70. The summed E-state index contributed by atoms with van der Waals surface area (Å²) in [7, 11) is 0. The Morgan fingerprint density at radius 3 is 0.846 bits per heavy atom. The zero-order valence-corrected chi connectivity index (χ0v) is 27.7. The van der Waals surface area contributed by atoms with Crippen molar-refractivity contribution < 1.29 is 0 Å². The molecule has 0 amide bonds. The van der Waals surface area contributed by atoms with Gasteiger partial charge in [0.25, 0.3) is 0 Å². The molecule has 0 aromatic rings. The van der Waals surface area contributed by atoms with Crippen LogP contribution in [0.4, 0.5) is 0 Å². The number of hydrogen-bond acceptors (Lipinski definition) is 1. The molecule has 0 aliphatic heterocycles. The molecule has 39 heavy (non-hydrogen) atoms. The molecule has 0 rings (SSSR count). The van der Waals surface area contributed by atoms with E-state index >= 15 is 0 Å². The van der Waals surface area contributed by atoms with Gasteiger partial charge in [0.05, 0.1) is 0 Å². The highest BCUT2D eigenvalue weighted by Crippen LogP contribution is 2.12. The molecule has 0 saturated carbocycles. The second-order valence-corrected chi connectivity index (χ2v) is 12.3. The van der Waals surface area contributed by atoms with Gasteiger partial charge in [-0.2, -0.15) is 0 Å². The average Bonchev–Trinajstić information content (AvgIpc) is 2.95. The Kier molecular flexibility index (Phi) is 35.0. The van der Waals surface area contributed by atoms with Crippen LogP contribution in [-0.2, 0) is 0 Å². The van der Waals surface area contributed by atoms with E-state index in [1.807, 2.05) is 0 Å². The van der Waals surface area contributed by atoms with E-state index in [9.17, 15) is 0 Å². The number of allylic oxidation sites excluding steroid dienone is 4. The molecule has 232 valence electrons.